The molecule has 0 aromatic heterocycles. The molecular formula is C15H7BrClF2NO. The van der Waals surface area contributed by atoms with Gasteiger partial charge in [-0.1, -0.05) is 33.6 Å². The SMILES string of the molecule is N#CC(C(=O)c1cc(F)cc(Br)c1)c1c(F)cccc1Cl. The largest absolute Gasteiger partial charge is 0.292 e. The third-order valence-corrected chi connectivity index (χ3v) is 3.61. The van der Waals surface area contributed by atoms with Crippen LogP contribution in [0.25, 0.3) is 0 Å². The van der Waals surface area contributed by atoms with Crippen molar-refractivity contribution in [2.45, 2.75) is 5.92 Å². The number of carbonyl (C=O) groups is 1. The summed E-state index contributed by atoms with van der Waals surface area (Å²) in [5.74, 6) is -3.54. The van der Waals surface area contributed by atoms with E-state index in [9.17, 15) is 18.8 Å². The van der Waals surface area contributed by atoms with Gasteiger partial charge in [-0.05, 0) is 30.3 Å². The van der Waals surface area contributed by atoms with Crippen LogP contribution in [0.3, 0.4) is 0 Å². The van der Waals surface area contributed by atoms with Crippen LogP contribution in [-0.4, -0.2) is 5.78 Å². The van der Waals surface area contributed by atoms with Crippen LogP contribution in [0, 0.1) is 23.0 Å². The summed E-state index contributed by atoms with van der Waals surface area (Å²) in [7, 11) is 0. The van der Waals surface area contributed by atoms with Crippen LogP contribution < -0.4 is 0 Å². The van der Waals surface area contributed by atoms with Crippen molar-refractivity contribution in [2.75, 3.05) is 0 Å². The fraction of sp³-hybridized carbons (Fsp3) is 0.0667. The molecule has 0 bridgehead atoms. The Morgan fingerprint density at radius 3 is 2.57 bits per heavy atom. The van der Waals surface area contributed by atoms with E-state index in [-0.39, 0.29) is 16.1 Å². The molecule has 0 aliphatic rings. The summed E-state index contributed by atoms with van der Waals surface area (Å²) in [6.07, 6.45) is 0. The molecule has 106 valence electrons. The van der Waals surface area contributed by atoms with Crippen molar-refractivity contribution in [3.8, 4) is 6.07 Å². The summed E-state index contributed by atoms with van der Waals surface area (Å²) in [6, 6.07) is 9.13. The van der Waals surface area contributed by atoms with E-state index < -0.39 is 23.3 Å². The van der Waals surface area contributed by atoms with Crippen molar-refractivity contribution in [1.82, 2.24) is 0 Å². The third-order valence-electron chi connectivity index (χ3n) is 2.83. The molecule has 0 amide bonds. The highest BCUT2D eigenvalue weighted by molar-refractivity contribution is 9.10. The number of Topliss-reactive ketones (excluding diaryl/α,β-unsaturated/α-hetero) is 1. The van der Waals surface area contributed by atoms with E-state index in [0.717, 1.165) is 12.1 Å². The average molecular weight is 371 g/mol. The van der Waals surface area contributed by atoms with Crippen LogP contribution in [0.2, 0.25) is 5.02 Å². The zero-order chi connectivity index (χ0) is 15.6. The van der Waals surface area contributed by atoms with Gasteiger partial charge in [-0.3, -0.25) is 4.79 Å². The predicted octanol–water partition coefficient (Wildman–Crippen LogP) is 4.87. The molecule has 0 saturated carbocycles. The first-order valence-corrected chi connectivity index (χ1v) is 6.95. The molecular weight excluding hydrogens is 364 g/mol. The number of rotatable bonds is 3. The Morgan fingerprint density at radius 1 is 1.29 bits per heavy atom. The molecule has 2 aromatic rings. The zero-order valence-corrected chi connectivity index (χ0v) is 12.8. The molecule has 0 radical (unpaired) electrons. The average Bonchev–Trinajstić information content (AvgIpc) is 2.41. The molecule has 1 atom stereocenters. The minimum absolute atomic E-state index is 0.0228. The van der Waals surface area contributed by atoms with Crippen molar-refractivity contribution in [3.05, 3.63) is 68.7 Å². The van der Waals surface area contributed by atoms with E-state index in [4.69, 9.17) is 11.6 Å². The Balaban J connectivity index is 2.52. The van der Waals surface area contributed by atoms with Crippen molar-refractivity contribution in [2.24, 2.45) is 0 Å². The van der Waals surface area contributed by atoms with Gasteiger partial charge in [0.05, 0.1) is 6.07 Å². The van der Waals surface area contributed by atoms with Crippen molar-refractivity contribution < 1.29 is 13.6 Å². The maximum atomic E-state index is 13.9. The van der Waals surface area contributed by atoms with E-state index in [0.29, 0.717) is 4.47 Å². The molecule has 2 nitrogen and oxygen atoms in total. The van der Waals surface area contributed by atoms with Gasteiger partial charge in [-0.2, -0.15) is 5.26 Å². The standard InChI is InChI=1S/C15H7BrClF2NO/c16-9-4-8(5-10(18)6-9)15(21)11(7-20)14-12(17)2-1-3-13(14)19/h1-6,11H. The number of carbonyl (C=O) groups excluding carboxylic acids is 1. The highest BCUT2D eigenvalue weighted by Crippen LogP contribution is 2.30. The topological polar surface area (TPSA) is 40.9 Å². The molecule has 2 rings (SSSR count). The number of nitrogens with zero attached hydrogens (tertiary/aromatic N) is 1. The van der Waals surface area contributed by atoms with Gasteiger partial charge in [-0.25, -0.2) is 8.78 Å². The second-order valence-electron chi connectivity index (χ2n) is 4.22. The number of benzene rings is 2. The van der Waals surface area contributed by atoms with Gasteiger partial charge in [0.15, 0.2) is 5.78 Å². The van der Waals surface area contributed by atoms with Crippen LogP contribution >= 0.6 is 27.5 Å². The monoisotopic (exact) mass is 369 g/mol. The lowest BCUT2D eigenvalue weighted by atomic mass is 9.91. The quantitative estimate of drug-likeness (QED) is 0.723. The predicted molar refractivity (Wildman–Crippen MR) is 78.2 cm³/mol. The minimum atomic E-state index is -1.44. The maximum Gasteiger partial charge on any atom is 0.184 e. The summed E-state index contributed by atoms with van der Waals surface area (Å²) in [6.45, 7) is 0. The fourth-order valence-electron chi connectivity index (χ4n) is 1.90. The van der Waals surface area contributed by atoms with Crippen molar-refractivity contribution >= 4 is 33.3 Å². The summed E-state index contributed by atoms with van der Waals surface area (Å²) >= 11 is 8.93. The number of nitriles is 1. The number of hydrogen-bond acceptors (Lipinski definition) is 2. The molecule has 0 aliphatic carbocycles. The summed E-state index contributed by atoms with van der Waals surface area (Å²) < 4.78 is 27.6. The van der Waals surface area contributed by atoms with E-state index in [1.54, 1.807) is 6.07 Å². The van der Waals surface area contributed by atoms with Crippen LogP contribution in [0.15, 0.2) is 40.9 Å². The lowest BCUT2D eigenvalue weighted by molar-refractivity contribution is 0.0977. The number of hydrogen-bond donors (Lipinski definition) is 0. The maximum absolute atomic E-state index is 13.9. The van der Waals surface area contributed by atoms with Gasteiger partial charge in [-0.15, -0.1) is 0 Å². The smallest absolute Gasteiger partial charge is 0.184 e. The summed E-state index contributed by atoms with van der Waals surface area (Å²) in [4.78, 5) is 12.3. The van der Waals surface area contributed by atoms with E-state index in [1.165, 1.54) is 24.3 Å². The van der Waals surface area contributed by atoms with Crippen LogP contribution in [0.5, 0.6) is 0 Å². The van der Waals surface area contributed by atoms with E-state index in [2.05, 4.69) is 15.9 Å². The fourth-order valence-corrected chi connectivity index (χ4v) is 2.64. The highest BCUT2D eigenvalue weighted by Gasteiger charge is 2.27. The molecule has 0 saturated heterocycles. The molecule has 2 aromatic carbocycles. The lowest BCUT2D eigenvalue weighted by Gasteiger charge is -2.12. The Hall–Kier alpha value is -1.77. The zero-order valence-electron chi connectivity index (χ0n) is 10.4. The van der Waals surface area contributed by atoms with Gasteiger partial charge in [0.1, 0.15) is 17.6 Å². The van der Waals surface area contributed by atoms with Gasteiger partial charge < -0.3 is 0 Å². The van der Waals surface area contributed by atoms with E-state index >= 15 is 0 Å². The van der Waals surface area contributed by atoms with Crippen molar-refractivity contribution in [3.63, 3.8) is 0 Å². The summed E-state index contributed by atoms with van der Waals surface area (Å²) in [5, 5.41) is 9.17. The summed E-state index contributed by atoms with van der Waals surface area (Å²) in [5.41, 5.74) is -0.236. The first-order valence-electron chi connectivity index (χ1n) is 5.78. The highest BCUT2D eigenvalue weighted by atomic mass is 79.9. The number of halogens is 4. The molecule has 0 aliphatic heterocycles. The molecule has 1 unspecified atom stereocenters. The Morgan fingerprint density at radius 2 is 2.00 bits per heavy atom. The minimum Gasteiger partial charge on any atom is -0.292 e. The molecule has 0 N–H and O–H groups in total. The van der Waals surface area contributed by atoms with Gasteiger partial charge in [0.25, 0.3) is 0 Å². The second kappa shape index (κ2) is 6.33. The first-order chi connectivity index (χ1) is 9.93. The molecule has 0 fully saturated rings. The van der Waals surface area contributed by atoms with E-state index in [1.807, 2.05) is 0 Å². The van der Waals surface area contributed by atoms with Crippen LogP contribution in [0.1, 0.15) is 21.8 Å². The normalized spacial score (nSPS) is 11.8. The van der Waals surface area contributed by atoms with Gasteiger partial charge in [0.2, 0.25) is 0 Å². The van der Waals surface area contributed by atoms with Crippen LogP contribution in [0.4, 0.5) is 8.78 Å². The van der Waals surface area contributed by atoms with Gasteiger partial charge >= 0.3 is 0 Å². The first kappa shape index (κ1) is 15.6. The molecule has 21 heavy (non-hydrogen) atoms. The second-order valence-corrected chi connectivity index (χ2v) is 5.54. The lowest BCUT2D eigenvalue weighted by Crippen LogP contribution is -2.13. The number of ketones is 1. The molecule has 0 spiro atoms. The Kier molecular flexibility index (Phi) is 4.71. The Labute approximate surface area is 133 Å². The van der Waals surface area contributed by atoms with Gasteiger partial charge in [0, 0.05) is 20.6 Å². The molecule has 6 heteroatoms. The third kappa shape index (κ3) is 3.29. The Bertz CT molecular complexity index is 717. The van der Waals surface area contributed by atoms with Crippen LogP contribution in [-0.2, 0) is 0 Å². The van der Waals surface area contributed by atoms with Crippen molar-refractivity contribution in [1.29, 1.82) is 5.26 Å². The molecule has 0 heterocycles.